The van der Waals surface area contributed by atoms with E-state index in [9.17, 15) is 4.79 Å². The second kappa shape index (κ2) is 5.31. The molecule has 2 N–H and O–H groups in total. The Balaban J connectivity index is 1.30. The van der Waals surface area contributed by atoms with Crippen LogP contribution in [0.2, 0.25) is 0 Å². The second-order valence-corrected chi connectivity index (χ2v) is 8.24. The van der Waals surface area contributed by atoms with E-state index in [0.717, 1.165) is 30.7 Å². The molecule has 0 radical (unpaired) electrons. The van der Waals surface area contributed by atoms with Gasteiger partial charge >= 0.3 is 6.03 Å². The topological polar surface area (TPSA) is 41.1 Å². The Bertz CT molecular complexity index is 476. The van der Waals surface area contributed by atoms with Gasteiger partial charge in [0.2, 0.25) is 0 Å². The van der Waals surface area contributed by atoms with Gasteiger partial charge in [0, 0.05) is 12.1 Å². The van der Waals surface area contributed by atoms with E-state index in [0.29, 0.717) is 0 Å². The Morgan fingerprint density at radius 2 is 1.86 bits per heavy atom. The standard InChI is InChI=1S/C17H24N2OS/c20-16(18-3-1-12-2-4-21-11-12)19-17-8-13-5-14(9-17)7-15(6-13)10-17/h2,4,11,13-15H,1,3,5-10H2,(H2,18,19,20). The van der Waals surface area contributed by atoms with Gasteiger partial charge in [-0.2, -0.15) is 11.3 Å². The van der Waals surface area contributed by atoms with Crippen LogP contribution >= 0.6 is 11.3 Å². The molecule has 0 saturated heterocycles. The van der Waals surface area contributed by atoms with Crippen LogP contribution in [0.15, 0.2) is 16.8 Å². The van der Waals surface area contributed by atoms with Gasteiger partial charge in [-0.05, 0) is 85.1 Å². The van der Waals surface area contributed by atoms with E-state index in [1.54, 1.807) is 11.3 Å². The highest BCUT2D eigenvalue weighted by atomic mass is 32.1. The summed E-state index contributed by atoms with van der Waals surface area (Å²) in [5.41, 5.74) is 1.44. The van der Waals surface area contributed by atoms with Crippen LogP contribution in [0.4, 0.5) is 4.79 Å². The summed E-state index contributed by atoms with van der Waals surface area (Å²) in [5.74, 6) is 2.63. The lowest BCUT2D eigenvalue weighted by atomic mass is 9.53. The Kier molecular flexibility index (Phi) is 3.44. The van der Waals surface area contributed by atoms with Gasteiger partial charge in [0.15, 0.2) is 0 Å². The van der Waals surface area contributed by atoms with E-state index in [4.69, 9.17) is 0 Å². The van der Waals surface area contributed by atoms with Crippen molar-refractivity contribution < 1.29 is 4.79 Å². The molecule has 3 nitrogen and oxygen atoms in total. The first-order valence-electron chi connectivity index (χ1n) is 8.28. The largest absolute Gasteiger partial charge is 0.338 e. The minimum Gasteiger partial charge on any atom is -0.338 e. The monoisotopic (exact) mass is 304 g/mol. The first kappa shape index (κ1) is 13.6. The van der Waals surface area contributed by atoms with Crippen LogP contribution in [0, 0.1) is 17.8 Å². The lowest BCUT2D eigenvalue weighted by molar-refractivity contribution is -0.0135. The highest BCUT2D eigenvalue weighted by Gasteiger charge is 2.51. The third-order valence-corrected chi connectivity index (χ3v) is 6.43. The molecule has 0 atom stereocenters. The SMILES string of the molecule is O=C(NCCc1ccsc1)NC12CC3CC(CC(C3)C1)C2. The van der Waals surface area contributed by atoms with Crippen LogP contribution in [0.5, 0.6) is 0 Å². The number of hydrogen-bond acceptors (Lipinski definition) is 2. The zero-order valence-electron chi connectivity index (χ0n) is 12.4. The molecule has 1 aromatic heterocycles. The van der Waals surface area contributed by atoms with Gasteiger partial charge in [-0.3, -0.25) is 0 Å². The lowest BCUT2D eigenvalue weighted by Crippen LogP contribution is -2.61. The summed E-state index contributed by atoms with van der Waals surface area (Å²) >= 11 is 1.71. The van der Waals surface area contributed by atoms with E-state index in [1.165, 1.54) is 44.1 Å². The molecule has 21 heavy (non-hydrogen) atoms. The van der Waals surface area contributed by atoms with Crippen LogP contribution in [0.3, 0.4) is 0 Å². The zero-order chi connectivity index (χ0) is 14.3. The fraction of sp³-hybridized carbons (Fsp3) is 0.706. The van der Waals surface area contributed by atoms with Gasteiger partial charge in [-0.25, -0.2) is 4.79 Å². The molecule has 4 fully saturated rings. The van der Waals surface area contributed by atoms with Crippen molar-refractivity contribution in [3.8, 4) is 0 Å². The van der Waals surface area contributed by atoms with E-state index in [-0.39, 0.29) is 11.6 Å². The molecule has 4 aliphatic carbocycles. The maximum atomic E-state index is 12.2. The molecular weight excluding hydrogens is 280 g/mol. The number of nitrogens with one attached hydrogen (secondary N) is 2. The van der Waals surface area contributed by atoms with Gasteiger partial charge in [-0.15, -0.1) is 0 Å². The molecule has 0 aromatic carbocycles. The number of urea groups is 1. The number of hydrogen-bond donors (Lipinski definition) is 2. The minimum atomic E-state index is 0.0483. The number of thiophene rings is 1. The van der Waals surface area contributed by atoms with E-state index in [2.05, 4.69) is 27.5 Å². The van der Waals surface area contributed by atoms with E-state index < -0.39 is 0 Å². The molecule has 0 aliphatic heterocycles. The number of carbonyl (C=O) groups is 1. The lowest BCUT2D eigenvalue weighted by Gasteiger charge is -2.56. The Morgan fingerprint density at radius 1 is 1.19 bits per heavy atom. The summed E-state index contributed by atoms with van der Waals surface area (Å²) in [4.78, 5) is 12.2. The van der Waals surface area contributed by atoms with Gasteiger partial charge in [0.1, 0.15) is 0 Å². The van der Waals surface area contributed by atoms with E-state index in [1.807, 2.05) is 0 Å². The van der Waals surface area contributed by atoms with Crippen molar-refractivity contribution in [3.63, 3.8) is 0 Å². The predicted molar refractivity (Wildman–Crippen MR) is 85.5 cm³/mol. The van der Waals surface area contributed by atoms with Crippen LogP contribution in [0.1, 0.15) is 44.1 Å². The van der Waals surface area contributed by atoms with Crippen molar-refractivity contribution in [2.75, 3.05) is 6.54 Å². The average molecular weight is 304 g/mol. The highest BCUT2D eigenvalue weighted by molar-refractivity contribution is 7.07. The zero-order valence-corrected chi connectivity index (χ0v) is 13.3. The van der Waals surface area contributed by atoms with Crippen LogP contribution < -0.4 is 10.6 Å². The third kappa shape index (κ3) is 2.83. The maximum absolute atomic E-state index is 12.2. The summed E-state index contributed by atoms with van der Waals surface area (Å²) in [7, 11) is 0. The van der Waals surface area contributed by atoms with Crippen molar-refractivity contribution in [2.45, 2.75) is 50.5 Å². The average Bonchev–Trinajstić information content (AvgIpc) is 2.89. The fourth-order valence-corrected chi connectivity index (χ4v) is 6.01. The summed E-state index contributed by atoms with van der Waals surface area (Å²) < 4.78 is 0. The molecule has 114 valence electrons. The maximum Gasteiger partial charge on any atom is 0.315 e. The van der Waals surface area contributed by atoms with Crippen molar-refractivity contribution in [3.05, 3.63) is 22.4 Å². The Labute approximate surface area is 130 Å². The Morgan fingerprint density at radius 3 is 2.43 bits per heavy atom. The van der Waals surface area contributed by atoms with Crippen molar-refractivity contribution in [2.24, 2.45) is 17.8 Å². The van der Waals surface area contributed by atoms with E-state index >= 15 is 0 Å². The molecule has 2 amide bonds. The number of rotatable bonds is 4. The summed E-state index contributed by atoms with van der Waals surface area (Å²) in [6.07, 6.45) is 8.84. The molecule has 5 rings (SSSR count). The van der Waals surface area contributed by atoms with Crippen LogP contribution in [-0.4, -0.2) is 18.1 Å². The molecule has 1 aromatic rings. The summed E-state index contributed by atoms with van der Waals surface area (Å²) in [6.45, 7) is 0.731. The summed E-state index contributed by atoms with van der Waals surface area (Å²) in [6, 6.07) is 2.18. The smallest absolute Gasteiger partial charge is 0.315 e. The van der Waals surface area contributed by atoms with Crippen LogP contribution in [0.25, 0.3) is 0 Å². The number of amides is 2. The molecule has 4 saturated carbocycles. The van der Waals surface area contributed by atoms with Crippen molar-refractivity contribution in [1.29, 1.82) is 0 Å². The molecule has 4 heteroatoms. The minimum absolute atomic E-state index is 0.0483. The van der Waals surface area contributed by atoms with Crippen molar-refractivity contribution >= 4 is 17.4 Å². The van der Waals surface area contributed by atoms with Gasteiger partial charge in [0.05, 0.1) is 0 Å². The quantitative estimate of drug-likeness (QED) is 0.877. The molecule has 0 spiro atoms. The van der Waals surface area contributed by atoms with Gasteiger partial charge in [-0.1, -0.05) is 0 Å². The second-order valence-electron chi connectivity index (χ2n) is 7.46. The van der Waals surface area contributed by atoms with Gasteiger partial charge < -0.3 is 10.6 Å². The molecule has 0 unspecified atom stereocenters. The van der Waals surface area contributed by atoms with Gasteiger partial charge in [0.25, 0.3) is 0 Å². The fourth-order valence-electron chi connectivity index (χ4n) is 5.30. The third-order valence-electron chi connectivity index (χ3n) is 5.70. The molecule has 4 aliphatic rings. The Hall–Kier alpha value is -1.03. The normalized spacial score (nSPS) is 36.7. The van der Waals surface area contributed by atoms with Crippen molar-refractivity contribution in [1.82, 2.24) is 10.6 Å². The first-order valence-corrected chi connectivity index (χ1v) is 9.22. The first-order chi connectivity index (χ1) is 10.2. The molecule has 4 bridgehead atoms. The predicted octanol–water partition coefficient (Wildman–Crippen LogP) is 3.56. The summed E-state index contributed by atoms with van der Waals surface area (Å²) in [5, 5.41) is 10.6. The highest BCUT2D eigenvalue weighted by Crippen LogP contribution is 2.55. The number of carbonyl (C=O) groups excluding carboxylic acids is 1. The van der Waals surface area contributed by atoms with Crippen LogP contribution in [-0.2, 0) is 6.42 Å². The molecular formula is C17H24N2OS. The molecule has 1 heterocycles.